The second-order valence-corrected chi connectivity index (χ2v) is 8.03. The zero-order chi connectivity index (χ0) is 27.7. The normalized spacial score (nSPS) is 15.8. The first-order valence-corrected chi connectivity index (χ1v) is 11.8. The summed E-state index contributed by atoms with van der Waals surface area (Å²) in [4.78, 5) is 24.5. The van der Waals surface area contributed by atoms with Crippen LogP contribution in [0.4, 0.5) is 4.79 Å². The van der Waals surface area contributed by atoms with E-state index < -0.39 is 24.3 Å². The fraction of sp³-hybridized carbons (Fsp3) is 0.346. The minimum absolute atomic E-state index is 0.140. The van der Waals surface area contributed by atoms with Crippen molar-refractivity contribution in [3.05, 3.63) is 58.8 Å². The molecule has 0 spiro atoms. The molecule has 2 aromatic carbocycles. The van der Waals surface area contributed by atoms with Crippen LogP contribution in [0.5, 0.6) is 23.0 Å². The third-order valence-corrected chi connectivity index (χ3v) is 5.52. The van der Waals surface area contributed by atoms with Gasteiger partial charge in [0.1, 0.15) is 6.61 Å². The zero-order valence-corrected chi connectivity index (χ0v) is 21.9. The van der Waals surface area contributed by atoms with Crippen LogP contribution in [0.1, 0.15) is 31.0 Å². The summed E-state index contributed by atoms with van der Waals surface area (Å²) < 4.78 is 26.8. The molecule has 0 bridgehead atoms. The average molecular weight is 529 g/mol. The number of amides is 2. The number of benzene rings is 2. The van der Waals surface area contributed by atoms with Crippen molar-refractivity contribution in [1.82, 2.24) is 16.1 Å². The SMILES string of the molecule is CCOc1cc([C@H]2NC(=O)NC(C)=C2C(=O)OC)ccc1OC[C@@H](O)N/N=C\c1ccc(OC)c(OC)c1. The number of hydrazone groups is 1. The third kappa shape index (κ3) is 6.85. The second kappa shape index (κ2) is 13.2. The minimum Gasteiger partial charge on any atom is -0.493 e. The molecule has 0 unspecified atom stereocenters. The Kier molecular flexibility index (Phi) is 9.77. The highest BCUT2D eigenvalue weighted by Crippen LogP contribution is 2.35. The van der Waals surface area contributed by atoms with Crippen molar-refractivity contribution in [3.63, 3.8) is 0 Å². The molecule has 0 aromatic heterocycles. The van der Waals surface area contributed by atoms with Gasteiger partial charge in [-0.05, 0) is 55.3 Å². The standard InChI is InChI=1S/C26H32N4O8/c1-6-37-21-12-17(24-23(25(32)36-5)15(2)28-26(33)29-24)8-10-19(21)38-14-22(31)30-27-13-16-7-9-18(34-3)20(11-16)35-4/h7-13,22,24,30-31H,6,14H2,1-5H3,(H2,28,29,33)/b27-13-/t22-,24-/m1/s1. The van der Waals surface area contributed by atoms with Crippen LogP contribution < -0.4 is 35.0 Å². The summed E-state index contributed by atoms with van der Waals surface area (Å²) >= 11 is 0. The number of ether oxygens (including phenoxy) is 5. The Hall–Kier alpha value is -4.45. The number of aliphatic hydroxyl groups is 1. The lowest BCUT2D eigenvalue weighted by Gasteiger charge is -2.28. The highest BCUT2D eigenvalue weighted by molar-refractivity contribution is 5.95. The first-order chi connectivity index (χ1) is 18.3. The number of esters is 1. The van der Waals surface area contributed by atoms with Crippen molar-refractivity contribution in [1.29, 1.82) is 0 Å². The molecule has 204 valence electrons. The van der Waals surface area contributed by atoms with E-state index >= 15 is 0 Å². The maximum atomic E-state index is 12.4. The van der Waals surface area contributed by atoms with E-state index in [0.717, 1.165) is 5.56 Å². The predicted octanol–water partition coefficient (Wildman–Crippen LogP) is 2.22. The number of rotatable bonds is 12. The molecule has 12 nitrogen and oxygen atoms in total. The van der Waals surface area contributed by atoms with Crippen molar-refractivity contribution in [3.8, 4) is 23.0 Å². The summed E-state index contributed by atoms with van der Waals surface area (Å²) in [5.74, 6) is 1.32. The molecule has 0 aliphatic carbocycles. The molecule has 2 aromatic rings. The maximum absolute atomic E-state index is 12.4. The molecule has 4 N–H and O–H groups in total. The molecule has 0 saturated carbocycles. The number of carbonyl (C=O) groups is 2. The zero-order valence-electron chi connectivity index (χ0n) is 21.9. The number of allylic oxidation sites excluding steroid dienone is 1. The van der Waals surface area contributed by atoms with Crippen molar-refractivity contribution in [2.75, 3.05) is 34.5 Å². The minimum atomic E-state index is -1.12. The van der Waals surface area contributed by atoms with E-state index in [2.05, 4.69) is 21.2 Å². The van der Waals surface area contributed by atoms with Gasteiger partial charge in [-0.15, -0.1) is 0 Å². The van der Waals surface area contributed by atoms with Crippen LogP contribution in [-0.4, -0.2) is 64.1 Å². The van der Waals surface area contributed by atoms with Gasteiger partial charge in [0.2, 0.25) is 0 Å². The molecule has 0 saturated heterocycles. The Morgan fingerprint density at radius 1 is 1.08 bits per heavy atom. The number of nitrogens with one attached hydrogen (secondary N) is 3. The Morgan fingerprint density at radius 3 is 2.50 bits per heavy atom. The number of nitrogens with zero attached hydrogens (tertiary/aromatic N) is 1. The first kappa shape index (κ1) is 28.1. The van der Waals surface area contributed by atoms with Gasteiger partial charge in [0.15, 0.2) is 29.2 Å². The fourth-order valence-electron chi connectivity index (χ4n) is 3.75. The lowest BCUT2D eigenvalue weighted by atomic mass is 9.95. The molecule has 0 radical (unpaired) electrons. The molecule has 1 aliphatic heterocycles. The smallest absolute Gasteiger partial charge is 0.337 e. The summed E-state index contributed by atoms with van der Waals surface area (Å²) in [5.41, 5.74) is 4.59. The van der Waals surface area contributed by atoms with Crippen LogP contribution >= 0.6 is 0 Å². The Morgan fingerprint density at radius 2 is 1.82 bits per heavy atom. The second-order valence-electron chi connectivity index (χ2n) is 8.03. The lowest BCUT2D eigenvalue weighted by molar-refractivity contribution is -0.136. The maximum Gasteiger partial charge on any atom is 0.337 e. The number of methoxy groups -OCH3 is 3. The highest BCUT2D eigenvalue weighted by atomic mass is 16.5. The van der Waals surface area contributed by atoms with Crippen LogP contribution in [0.25, 0.3) is 0 Å². The summed E-state index contributed by atoms with van der Waals surface area (Å²) in [6.07, 6.45) is 0.397. The quantitative estimate of drug-likeness (QED) is 0.141. The largest absolute Gasteiger partial charge is 0.493 e. The van der Waals surface area contributed by atoms with E-state index in [9.17, 15) is 14.7 Å². The number of aliphatic hydroxyl groups excluding tert-OH is 1. The molecule has 0 fully saturated rings. The lowest BCUT2D eigenvalue weighted by Crippen LogP contribution is -2.45. The van der Waals surface area contributed by atoms with Crippen LogP contribution in [0, 0.1) is 0 Å². The van der Waals surface area contributed by atoms with E-state index in [1.54, 1.807) is 57.5 Å². The summed E-state index contributed by atoms with van der Waals surface area (Å²) in [5, 5.41) is 19.6. The third-order valence-electron chi connectivity index (χ3n) is 5.52. The molecule has 2 amide bonds. The van der Waals surface area contributed by atoms with Gasteiger partial charge in [-0.2, -0.15) is 5.10 Å². The van der Waals surface area contributed by atoms with Gasteiger partial charge >= 0.3 is 12.0 Å². The number of urea groups is 1. The topological polar surface area (TPSA) is 149 Å². The summed E-state index contributed by atoms with van der Waals surface area (Å²) in [6, 6.07) is 9.09. The average Bonchev–Trinajstić information content (AvgIpc) is 2.91. The molecule has 1 aliphatic rings. The van der Waals surface area contributed by atoms with Crippen LogP contribution in [-0.2, 0) is 9.53 Å². The number of hydrogen-bond acceptors (Lipinski definition) is 10. The van der Waals surface area contributed by atoms with Crippen LogP contribution in [0.3, 0.4) is 0 Å². The molecular weight excluding hydrogens is 496 g/mol. The van der Waals surface area contributed by atoms with Crippen LogP contribution in [0.2, 0.25) is 0 Å². The van der Waals surface area contributed by atoms with Gasteiger partial charge in [0.25, 0.3) is 0 Å². The molecule has 1 heterocycles. The number of carbonyl (C=O) groups excluding carboxylic acids is 2. The monoisotopic (exact) mass is 528 g/mol. The van der Waals surface area contributed by atoms with E-state index in [4.69, 9.17) is 23.7 Å². The van der Waals surface area contributed by atoms with Gasteiger partial charge in [0.05, 0.1) is 45.8 Å². The highest BCUT2D eigenvalue weighted by Gasteiger charge is 2.32. The summed E-state index contributed by atoms with van der Waals surface area (Å²) in [7, 11) is 4.37. The summed E-state index contributed by atoms with van der Waals surface area (Å²) in [6.45, 7) is 3.64. The van der Waals surface area contributed by atoms with Gasteiger partial charge in [-0.3, -0.25) is 5.43 Å². The molecule has 2 atom stereocenters. The van der Waals surface area contributed by atoms with E-state index in [-0.39, 0.29) is 12.2 Å². The van der Waals surface area contributed by atoms with Crippen molar-refractivity contribution < 1.29 is 38.4 Å². The van der Waals surface area contributed by atoms with E-state index in [1.807, 2.05) is 6.92 Å². The molecular formula is C26H32N4O8. The van der Waals surface area contributed by atoms with Crippen LogP contribution in [0.15, 0.2) is 52.8 Å². The number of hydrogen-bond donors (Lipinski definition) is 4. The Balaban J connectivity index is 1.69. The van der Waals surface area contributed by atoms with Gasteiger partial charge < -0.3 is 39.4 Å². The molecule has 3 rings (SSSR count). The van der Waals surface area contributed by atoms with Crippen molar-refractivity contribution in [2.45, 2.75) is 26.1 Å². The van der Waals surface area contributed by atoms with E-state index in [0.29, 0.717) is 40.9 Å². The fourth-order valence-corrected chi connectivity index (χ4v) is 3.75. The van der Waals surface area contributed by atoms with Gasteiger partial charge in [0, 0.05) is 5.70 Å². The molecule has 12 heteroatoms. The Labute approximate surface area is 220 Å². The van der Waals surface area contributed by atoms with E-state index in [1.165, 1.54) is 13.3 Å². The van der Waals surface area contributed by atoms with Gasteiger partial charge in [-0.25, -0.2) is 9.59 Å². The Bertz CT molecular complexity index is 1210. The van der Waals surface area contributed by atoms with Crippen molar-refractivity contribution in [2.24, 2.45) is 5.10 Å². The predicted molar refractivity (Wildman–Crippen MR) is 139 cm³/mol. The van der Waals surface area contributed by atoms with Crippen molar-refractivity contribution >= 4 is 18.2 Å². The molecule has 38 heavy (non-hydrogen) atoms. The van der Waals surface area contributed by atoms with Gasteiger partial charge in [-0.1, -0.05) is 6.07 Å². The first-order valence-electron chi connectivity index (χ1n) is 11.8.